The molecule has 13 heavy (non-hydrogen) atoms. The van der Waals surface area contributed by atoms with Crippen LogP contribution in [0.25, 0.3) is 0 Å². The van der Waals surface area contributed by atoms with Gasteiger partial charge >= 0.3 is 0 Å². The highest BCUT2D eigenvalue weighted by atomic mass is 19.1. The monoisotopic (exact) mass is 179 g/mol. The van der Waals surface area contributed by atoms with Gasteiger partial charge in [0.2, 0.25) is 0 Å². The normalized spacial score (nSPS) is 15.8. The lowest BCUT2D eigenvalue weighted by atomic mass is 10.1. The van der Waals surface area contributed by atoms with Crippen molar-refractivity contribution in [3.05, 3.63) is 29.3 Å². The topological polar surface area (TPSA) is 30.0 Å². The summed E-state index contributed by atoms with van der Waals surface area (Å²) in [6, 6.07) is 1.28. The van der Waals surface area contributed by atoms with E-state index in [4.69, 9.17) is 0 Å². The van der Waals surface area contributed by atoms with Gasteiger partial charge in [0.05, 0.1) is 11.9 Å². The van der Waals surface area contributed by atoms with Crippen molar-refractivity contribution in [2.24, 2.45) is 0 Å². The summed E-state index contributed by atoms with van der Waals surface area (Å²) in [7, 11) is 0. The SMILES string of the molecule is CC(=O)c1cc(F)cnc1C1CC1. The summed E-state index contributed by atoms with van der Waals surface area (Å²) < 4.78 is 12.8. The average molecular weight is 179 g/mol. The minimum Gasteiger partial charge on any atom is -0.294 e. The Labute approximate surface area is 75.8 Å². The Hall–Kier alpha value is -1.25. The first-order valence-electron chi connectivity index (χ1n) is 4.35. The lowest BCUT2D eigenvalue weighted by Crippen LogP contribution is -2.02. The number of hydrogen-bond donors (Lipinski definition) is 0. The van der Waals surface area contributed by atoms with Crippen LogP contribution in [0.3, 0.4) is 0 Å². The van der Waals surface area contributed by atoms with Gasteiger partial charge in [-0.1, -0.05) is 0 Å². The van der Waals surface area contributed by atoms with E-state index in [0.717, 1.165) is 18.5 Å². The number of hydrogen-bond acceptors (Lipinski definition) is 2. The van der Waals surface area contributed by atoms with Crippen LogP contribution in [0.2, 0.25) is 0 Å². The van der Waals surface area contributed by atoms with Crippen molar-refractivity contribution in [1.29, 1.82) is 0 Å². The molecule has 0 amide bonds. The molecule has 68 valence electrons. The van der Waals surface area contributed by atoms with Crippen LogP contribution in [-0.2, 0) is 0 Å². The second-order valence-corrected chi connectivity index (χ2v) is 3.42. The molecule has 2 nitrogen and oxygen atoms in total. The Balaban J connectivity index is 2.47. The van der Waals surface area contributed by atoms with Crippen LogP contribution in [0.5, 0.6) is 0 Å². The van der Waals surface area contributed by atoms with E-state index >= 15 is 0 Å². The van der Waals surface area contributed by atoms with Crippen LogP contribution in [0, 0.1) is 5.82 Å². The number of carbonyl (C=O) groups is 1. The second-order valence-electron chi connectivity index (χ2n) is 3.42. The van der Waals surface area contributed by atoms with E-state index in [2.05, 4.69) is 4.98 Å². The smallest absolute Gasteiger partial charge is 0.161 e. The molecule has 0 spiro atoms. The van der Waals surface area contributed by atoms with Crippen molar-refractivity contribution < 1.29 is 9.18 Å². The molecule has 1 heterocycles. The van der Waals surface area contributed by atoms with Crippen molar-refractivity contribution in [1.82, 2.24) is 4.98 Å². The molecular formula is C10H10FNO. The maximum absolute atomic E-state index is 12.8. The van der Waals surface area contributed by atoms with Crippen molar-refractivity contribution in [3.8, 4) is 0 Å². The first kappa shape index (κ1) is 8.35. The molecule has 0 unspecified atom stereocenters. The summed E-state index contributed by atoms with van der Waals surface area (Å²) in [6.07, 6.45) is 3.32. The largest absolute Gasteiger partial charge is 0.294 e. The zero-order valence-corrected chi connectivity index (χ0v) is 7.38. The van der Waals surface area contributed by atoms with Crippen LogP contribution in [0.15, 0.2) is 12.3 Å². The van der Waals surface area contributed by atoms with Gasteiger partial charge in [-0.3, -0.25) is 9.78 Å². The summed E-state index contributed by atoms with van der Waals surface area (Å²) in [4.78, 5) is 15.1. The molecule has 2 rings (SSSR count). The van der Waals surface area contributed by atoms with Crippen LogP contribution in [0.4, 0.5) is 4.39 Å². The Morgan fingerprint density at radius 1 is 1.62 bits per heavy atom. The van der Waals surface area contributed by atoms with Crippen LogP contribution < -0.4 is 0 Å². The van der Waals surface area contributed by atoms with Crippen molar-refractivity contribution in [3.63, 3.8) is 0 Å². The van der Waals surface area contributed by atoms with Gasteiger partial charge in [0.15, 0.2) is 5.78 Å². The minimum absolute atomic E-state index is 0.103. The molecule has 0 N–H and O–H groups in total. The highest BCUT2D eigenvalue weighted by Crippen LogP contribution is 2.40. The van der Waals surface area contributed by atoms with E-state index in [0.29, 0.717) is 11.5 Å². The summed E-state index contributed by atoms with van der Waals surface area (Å²) >= 11 is 0. The van der Waals surface area contributed by atoms with Crippen LogP contribution in [-0.4, -0.2) is 10.8 Å². The van der Waals surface area contributed by atoms with E-state index in [-0.39, 0.29) is 5.78 Å². The number of aromatic nitrogens is 1. The van der Waals surface area contributed by atoms with E-state index in [1.165, 1.54) is 19.2 Å². The van der Waals surface area contributed by atoms with Crippen LogP contribution >= 0.6 is 0 Å². The fourth-order valence-electron chi connectivity index (χ4n) is 1.41. The minimum atomic E-state index is -0.436. The molecule has 0 bridgehead atoms. The van der Waals surface area contributed by atoms with Gasteiger partial charge in [-0.2, -0.15) is 0 Å². The van der Waals surface area contributed by atoms with Gasteiger partial charge in [0, 0.05) is 11.5 Å². The second kappa shape index (κ2) is 2.91. The maximum Gasteiger partial charge on any atom is 0.161 e. The third kappa shape index (κ3) is 1.59. The van der Waals surface area contributed by atoms with E-state index < -0.39 is 5.82 Å². The molecule has 3 heteroatoms. The third-order valence-corrected chi connectivity index (χ3v) is 2.23. The Morgan fingerprint density at radius 2 is 2.31 bits per heavy atom. The zero-order chi connectivity index (χ0) is 9.42. The molecule has 0 radical (unpaired) electrons. The molecule has 1 aromatic rings. The molecule has 0 aliphatic heterocycles. The number of carbonyl (C=O) groups excluding carboxylic acids is 1. The van der Waals surface area contributed by atoms with Crippen molar-refractivity contribution >= 4 is 5.78 Å². The maximum atomic E-state index is 12.8. The predicted molar refractivity (Wildman–Crippen MR) is 46.2 cm³/mol. The fraction of sp³-hybridized carbons (Fsp3) is 0.400. The van der Waals surface area contributed by atoms with Crippen LogP contribution in [0.1, 0.15) is 41.7 Å². The molecule has 0 saturated heterocycles. The summed E-state index contributed by atoms with van der Waals surface area (Å²) in [6.45, 7) is 1.45. The van der Waals surface area contributed by atoms with E-state index in [9.17, 15) is 9.18 Å². The third-order valence-electron chi connectivity index (χ3n) is 2.23. The fourth-order valence-corrected chi connectivity index (χ4v) is 1.41. The quantitative estimate of drug-likeness (QED) is 0.652. The highest BCUT2D eigenvalue weighted by molar-refractivity contribution is 5.95. The average Bonchev–Trinajstić information content (AvgIpc) is 2.87. The molecule has 1 fully saturated rings. The molecule has 0 atom stereocenters. The number of ketones is 1. The molecule has 1 aliphatic rings. The van der Waals surface area contributed by atoms with Crippen molar-refractivity contribution in [2.45, 2.75) is 25.7 Å². The molecular weight excluding hydrogens is 169 g/mol. The molecule has 1 aliphatic carbocycles. The number of halogens is 1. The van der Waals surface area contributed by atoms with Crippen molar-refractivity contribution in [2.75, 3.05) is 0 Å². The Morgan fingerprint density at radius 3 is 2.85 bits per heavy atom. The van der Waals surface area contributed by atoms with E-state index in [1.807, 2.05) is 0 Å². The summed E-state index contributed by atoms with van der Waals surface area (Å²) in [5.74, 6) is -0.150. The number of rotatable bonds is 2. The Bertz CT molecular complexity index is 358. The predicted octanol–water partition coefficient (Wildman–Crippen LogP) is 2.30. The molecule has 1 aromatic heterocycles. The number of nitrogens with zero attached hydrogens (tertiary/aromatic N) is 1. The van der Waals surface area contributed by atoms with Gasteiger partial charge in [-0.05, 0) is 25.8 Å². The van der Waals surface area contributed by atoms with Gasteiger partial charge in [0.25, 0.3) is 0 Å². The lowest BCUT2D eigenvalue weighted by Gasteiger charge is -2.03. The zero-order valence-electron chi connectivity index (χ0n) is 7.38. The first-order chi connectivity index (χ1) is 6.18. The van der Waals surface area contributed by atoms with Gasteiger partial charge in [-0.15, -0.1) is 0 Å². The summed E-state index contributed by atoms with van der Waals surface area (Å²) in [5, 5.41) is 0. The van der Waals surface area contributed by atoms with Gasteiger partial charge in [-0.25, -0.2) is 4.39 Å². The molecule has 0 aromatic carbocycles. The Kier molecular flexibility index (Phi) is 1.87. The highest BCUT2D eigenvalue weighted by Gasteiger charge is 2.28. The first-order valence-corrected chi connectivity index (χ1v) is 4.35. The number of Topliss-reactive ketones (excluding diaryl/α,β-unsaturated/α-hetero) is 1. The number of pyridine rings is 1. The lowest BCUT2D eigenvalue weighted by molar-refractivity contribution is 0.101. The van der Waals surface area contributed by atoms with E-state index in [1.54, 1.807) is 0 Å². The molecule has 1 saturated carbocycles. The van der Waals surface area contributed by atoms with Gasteiger partial charge < -0.3 is 0 Å². The van der Waals surface area contributed by atoms with Gasteiger partial charge in [0.1, 0.15) is 5.82 Å². The standard InChI is InChI=1S/C10H10FNO/c1-6(13)9-4-8(11)5-12-10(9)7-2-3-7/h4-5,7H,2-3H2,1H3. The summed E-state index contributed by atoms with van der Waals surface area (Å²) in [5.41, 5.74) is 1.22.